The van der Waals surface area contributed by atoms with Gasteiger partial charge in [0.05, 0.1) is 0 Å². The van der Waals surface area contributed by atoms with E-state index in [4.69, 9.17) is 11.6 Å². The van der Waals surface area contributed by atoms with Crippen molar-refractivity contribution in [3.63, 3.8) is 0 Å². The molecule has 0 bridgehead atoms. The molecule has 0 aromatic heterocycles. The molecule has 1 aromatic carbocycles. The molecule has 0 N–H and O–H groups in total. The number of benzene rings is 1. The summed E-state index contributed by atoms with van der Waals surface area (Å²) < 4.78 is 0. The van der Waals surface area contributed by atoms with Gasteiger partial charge in [-0.05, 0) is 30.5 Å². The molecule has 14 heavy (non-hydrogen) atoms. The molecule has 1 rings (SSSR count). The second-order valence-electron chi connectivity index (χ2n) is 3.24. The number of alkyl halides is 2. The molecule has 0 aliphatic heterocycles. The summed E-state index contributed by atoms with van der Waals surface area (Å²) in [7, 11) is 0. The fourth-order valence-corrected chi connectivity index (χ4v) is 2.19. The number of ketones is 1. The first kappa shape index (κ1) is 11.7. The maximum atomic E-state index is 11.2. The molecule has 3 heteroatoms. The Labute approximate surface area is 97.6 Å². The SMILES string of the molecule is CC(=O)C(Cl)c1cccc(CBr)c1C. The van der Waals surface area contributed by atoms with Crippen LogP contribution in [0.3, 0.4) is 0 Å². The van der Waals surface area contributed by atoms with Gasteiger partial charge in [0.25, 0.3) is 0 Å². The Morgan fingerprint density at radius 3 is 2.71 bits per heavy atom. The lowest BCUT2D eigenvalue weighted by molar-refractivity contribution is -0.116. The van der Waals surface area contributed by atoms with Crippen LogP contribution >= 0.6 is 27.5 Å². The van der Waals surface area contributed by atoms with Crippen LogP contribution in [0.2, 0.25) is 0 Å². The minimum absolute atomic E-state index is 0.0125. The number of Topliss-reactive ketones (excluding diaryl/α,β-unsaturated/α-hetero) is 1. The summed E-state index contributed by atoms with van der Waals surface area (Å²) in [6, 6.07) is 5.86. The minimum Gasteiger partial charge on any atom is -0.298 e. The molecule has 76 valence electrons. The molecule has 0 saturated carbocycles. The van der Waals surface area contributed by atoms with E-state index in [-0.39, 0.29) is 5.78 Å². The molecule has 0 heterocycles. The highest BCUT2D eigenvalue weighted by Crippen LogP contribution is 2.27. The van der Waals surface area contributed by atoms with E-state index in [0.717, 1.165) is 16.5 Å². The molecular weight excluding hydrogens is 263 g/mol. The van der Waals surface area contributed by atoms with Crippen LogP contribution in [0.15, 0.2) is 18.2 Å². The molecule has 0 radical (unpaired) electrons. The number of hydrogen-bond acceptors (Lipinski definition) is 1. The summed E-state index contributed by atoms with van der Waals surface area (Å²) in [5.74, 6) is -0.0125. The third-order valence-electron chi connectivity index (χ3n) is 2.26. The van der Waals surface area contributed by atoms with E-state index in [0.29, 0.717) is 0 Å². The van der Waals surface area contributed by atoms with Crippen molar-refractivity contribution in [1.82, 2.24) is 0 Å². The first-order valence-corrected chi connectivity index (χ1v) is 5.92. The predicted molar refractivity (Wildman–Crippen MR) is 63.1 cm³/mol. The first-order chi connectivity index (χ1) is 6.57. The molecule has 0 spiro atoms. The highest BCUT2D eigenvalue weighted by Gasteiger charge is 2.16. The second kappa shape index (κ2) is 4.94. The number of halogens is 2. The lowest BCUT2D eigenvalue weighted by Gasteiger charge is -2.12. The quantitative estimate of drug-likeness (QED) is 0.768. The van der Waals surface area contributed by atoms with Gasteiger partial charge >= 0.3 is 0 Å². The van der Waals surface area contributed by atoms with Crippen LogP contribution in [0.5, 0.6) is 0 Å². The molecule has 0 amide bonds. The summed E-state index contributed by atoms with van der Waals surface area (Å²) in [5.41, 5.74) is 3.19. The van der Waals surface area contributed by atoms with E-state index in [1.807, 2.05) is 25.1 Å². The van der Waals surface area contributed by atoms with Crippen LogP contribution in [-0.2, 0) is 10.1 Å². The van der Waals surface area contributed by atoms with E-state index in [9.17, 15) is 4.79 Å². The van der Waals surface area contributed by atoms with Gasteiger partial charge in [-0.15, -0.1) is 11.6 Å². The molecule has 0 saturated heterocycles. The largest absolute Gasteiger partial charge is 0.298 e. The van der Waals surface area contributed by atoms with Crippen molar-refractivity contribution in [3.8, 4) is 0 Å². The van der Waals surface area contributed by atoms with Gasteiger partial charge < -0.3 is 0 Å². The fraction of sp³-hybridized carbons (Fsp3) is 0.364. The topological polar surface area (TPSA) is 17.1 Å². The van der Waals surface area contributed by atoms with Crippen molar-refractivity contribution in [1.29, 1.82) is 0 Å². The van der Waals surface area contributed by atoms with Gasteiger partial charge in [-0.3, -0.25) is 4.79 Å². The highest BCUT2D eigenvalue weighted by atomic mass is 79.9. The van der Waals surface area contributed by atoms with E-state index < -0.39 is 5.38 Å². The standard InChI is InChI=1S/C11H12BrClO/c1-7-9(6-12)4-3-5-10(7)11(13)8(2)14/h3-5,11H,6H2,1-2H3. The number of carbonyl (C=O) groups is 1. The maximum absolute atomic E-state index is 11.2. The Kier molecular flexibility index (Phi) is 4.14. The lowest BCUT2D eigenvalue weighted by atomic mass is 9.99. The predicted octanol–water partition coefficient (Wildman–Crippen LogP) is 3.76. The van der Waals surface area contributed by atoms with Gasteiger partial charge in [0.1, 0.15) is 5.38 Å². The highest BCUT2D eigenvalue weighted by molar-refractivity contribution is 9.08. The smallest absolute Gasteiger partial charge is 0.152 e. The van der Waals surface area contributed by atoms with E-state index in [1.165, 1.54) is 12.5 Å². The van der Waals surface area contributed by atoms with Crippen LogP contribution in [0.25, 0.3) is 0 Å². The summed E-state index contributed by atoms with van der Waals surface area (Å²) in [6.45, 7) is 3.50. The van der Waals surface area contributed by atoms with Crippen LogP contribution in [0.1, 0.15) is 29.0 Å². The van der Waals surface area contributed by atoms with E-state index in [2.05, 4.69) is 15.9 Å². The summed E-state index contributed by atoms with van der Waals surface area (Å²) in [6.07, 6.45) is 0. The third kappa shape index (κ3) is 2.37. The van der Waals surface area contributed by atoms with E-state index >= 15 is 0 Å². The van der Waals surface area contributed by atoms with Gasteiger partial charge in [-0.2, -0.15) is 0 Å². The maximum Gasteiger partial charge on any atom is 0.152 e. The normalized spacial score (nSPS) is 12.6. The second-order valence-corrected chi connectivity index (χ2v) is 4.24. The molecule has 1 unspecified atom stereocenters. The van der Waals surface area contributed by atoms with Crippen molar-refractivity contribution in [2.24, 2.45) is 0 Å². The zero-order valence-corrected chi connectivity index (χ0v) is 10.5. The van der Waals surface area contributed by atoms with Crippen molar-refractivity contribution >= 4 is 33.3 Å². The Bertz CT molecular complexity index is 349. The molecule has 1 nitrogen and oxygen atoms in total. The molecule has 0 aliphatic rings. The zero-order valence-electron chi connectivity index (χ0n) is 8.18. The van der Waals surface area contributed by atoms with Gasteiger partial charge in [-0.25, -0.2) is 0 Å². The van der Waals surface area contributed by atoms with Crippen molar-refractivity contribution < 1.29 is 4.79 Å². The van der Waals surface area contributed by atoms with E-state index in [1.54, 1.807) is 0 Å². The average molecular weight is 276 g/mol. The first-order valence-electron chi connectivity index (χ1n) is 4.36. The van der Waals surface area contributed by atoms with Crippen molar-refractivity contribution in [2.45, 2.75) is 24.6 Å². The average Bonchev–Trinajstić information content (AvgIpc) is 2.17. The number of rotatable bonds is 3. The lowest BCUT2D eigenvalue weighted by Crippen LogP contribution is -2.04. The van der Waals surface area contributed by atoms with Crippen LogP contribution in [0.4, 0.5) is 0 Å². The fourth-order valence-electron chi connectivity index (χ4n) is 1.34. The van der Waals surface area contributed by atoms with Crippen molar-refractivity contribution in [2.75, 3.05) is 0 Å². The monoisotopic (exact) mass is 274 g/mol. The Hall–Kier alpha value is -0.340. The Balaban J connectivity index is 3.15. The zero-order chi connectivity index (χ0) is 10.7. The van der Waals surface area contributed by atoms with Crippen molar-refractivity contribution in [3.05, 3.63) is 34.9 Å². The molecule has 0 fully saturated rings. The van der Waals surface area contributed by atoms with Gasteiger partial charge in [-0.1, -0.05) is 34.1 Å². The Morgan fingerprint density at radius 2 is 2.21 bits per heavy atom. The number of carbonyl (C=O) groups excluding carboxylic acids is 1. The molecular formula is C11H12BrClO. The summed E-state index contributed by atoms with van der Waals surface area (Å²) in [5, 5.41) is 0.266. The third-order valence-corrected chi connectivity index (χ3v) is 3.41. The number of hydrogen-bond donors (Lipinski definition) is 0. The molecule has 0 aliphatic carbocycles. The molecule has 1 aromatic rings. The minimum atomic E-state index is -0.519. The van der Waals surface area contributed by atoms with Crippen LogP contribution < -0.4 is 0 Å². The summed E-state index contributed by atoms with van der Waals surface area (Å²) in [4.78, 5) is 11.2. The van der Waals surface area contributed by atoms with Gasteiger partial charge in [0, 0.05) is 5.33 Å². The van der Waals surface area contributed by atoms with Gasteiger partial charge in [0.2, 0.25) is 0 Å². The van der Waals surface area contributed by atoms with Gasteiger partial charge in [0.15, 0.2) is 5.78 Å². The molecule has 1 atom stereocenters. The van der Waals surface area contributed by atoms with Crippen LogP contribution in [0, 0.1) is 6.92 Å². The Morgan fingerprint density at radius 1 is 1.57 bits per heavy atom. The van der Waals surface area contributed by atoms with Crippen LogP contribution in [-0.4, -0.2) is 5.78 Å². The summed E-state index contributed by atoms with van der Waals surface area (Å²) >= 11 is 9.41.